The number of amides is 1. The van der Waals surface area contributed by atoms with Crippen molar-refractivity contribution in [2.75, 3.05) is 7.11 Å². The maximum atomic E-state index is 9.55. The van der Waals surface area contributed by atoms with Gasteiger partial charge in [0.15, 0.2) is 5.82 Å². The molecule has 0 aliphatic carbocycles. The molecule has 1 aromatic heterocycles. The van der Waals surface area contributed by atoms with Gasteiger partial charge in [0.1, 0.15) is 23.9 Å². The van der Waals surface area contributed by atoms with Gasteiger partial charge in [-0.1, -0.05) is 34.1 Å². The van der Waals surface area contributed by atoms with Crippen molar-refractivity contribution in [2.24, 2.45) is 10.7 Å². The van der Waals surface area contributed by atoms with Crippen molar-refractivity contribution in [1.29, 1.82) is 0 Å². The van der Waals surface area contributed by atoms with Crippen LogP contribution in [-0.2, 0) is 11.3 Å². The van der Waals surface area contributed by atoms with Crippen molar-refractivity contribution in [1.82, 2.24) is 14.8 Å². The van der Waals surface area contributed by atoms with Crippen LogP contribution < -0.4 is 10.5 Å². The zero-order valence-electron chi connectivity index (χ0n) is 19.7. The molecule has 8 nitrogen and oxygen atoms in total. The fraction of sp³-hybridized carbons (Fsp3) is 0.333. The van der Waals surface area contributed by atoms with Gasteiger partial charge >= 0.3 is 0 Å². The number of hydrogen-bond donors (Lipinski definition) is 2. The molecule has 4 rings (SSSR count). The van der Waals surface area contributed by atoms with Crippen LogP contribution in [0.3, 0.4) is 0 Å². The van der Waals surface area contributed by atoms with E-state index in [1.54, 1.807) is 19.2 Å². The SMILES string of the molecule is CC.CCC.COc1ccc2c(c1)C(c1ccc(O)cc1)=NCc1nnc(C)n1-2.NC=O. The number of phenolic OH excluding ortho intramolecular Hbond substituents is 1. The monoisotopic (exact) mass is 439 g/mol. The summed E-state index contributed by atoms with van der Waals surface area (Å²) < 4.78 is 7.41. The lowest BCUT2D eigenvalue weighted by atomic mass is 10.00. The van der Waals surface area contributed by atoms with Gasteiger partial charge in [0.25, 0.3) is 0 Å². The number of primary amides is 1. The molecule has 0 radical (unpaired) electrons. The van der Waals surface area contributed by atoms with Crippen LogP contribution in [0.1, 0.15) is 56.9 Å². The van der Waals surface area contributed by atoms with Crippen LogP contribution in [0.25, 0.3) is 5.69 Å². The molecule has 172 valence electrons. The van der Waals surface area contributed by atoms with Crippen LogP contribution in [0.2, 0.25) is 0 Å². The minimum Gasteiger partial charge on any atom is -0.508 e. The fourth-order valence-corrected chi connectivity index (χ4v) is 2.95. The molecule has 0 spiro atoms. The van der Waals surface area contributed by atoms with E-state index in [0.29, 0.717) is 6.54 Å². The Morgan fingerprint density at radius 1 is 1.12 bits per heavy atom. The molecule has 0 saturated heterocycles. The highest BCUT2D eigenvalue weighted by Crippen LogP contribution is 2.29. The Morgan fingerprint density at radius 3 is 2.28 bits per heavy atom. The molecule has 8 heteroatoms. The van der Waals surface area contributed by atoms with Crippen LogP contribution in [0.15, 0.2) is 47.5 Å². The molecule has 2 aromatic carbocycles. The molecule has 0 fully saturated rings. The van der Waals surface area contributed by atoms with E-state index in [9.17, 15) is 5.11 Å². The van der Waals surface area contributed by atoms with Crippen molar-refractivity contribution in [3.63, 3.8) is 0 Å². The number of aromatic hydroxyl groups is 1. The first-order valence-electron chi connectivity index (χ1n) is 10.6. The second-order valence-electron chi connectivity index (χ2n) is 6.44. The van der Waals surface area contributed by atoms with Crippen molar-refractivity contribution in [3.8, 4) is 17.2 Å². The number of benzene rings is 2. The Balaban J connectivity index is 0.000000567. The number of carbonyl (C=O) groups excluding carboxylic acids is 1. The van der Waals surface area contributed by atoms with E-state index in [4.69, 9.17) is 14.5 Å². The van der Waals surface area contributed by atoms with Gasteiger partial charge in [0, 0.05) is 11.1 Å². The fourth-order valence-electron chi connectivity index (χ4n) is 2.95. The predicted octanol–water partition coefficient (Wildman–Crippen LogP) is 4.18. The summed E-state index contributed by atoms with van der Waals surface area (Å²) in [5, 5.41) is 18.0. The summed E-state index contributed by atoms with van der Waals surface area (Å²) in [4.78, 5) is 13.3. The number of aryl methyl sites for hydroxylation is 1. The number of aromatic nitrogens is 3. The van der Waals surface area contributed by atoms with Gasteiger partial charge in [0.05, 0.1) is 18.5 Å². The highest BCUT2D eigenvalue weighted by atomic mass is 16.5. The second kappa shape index (κ2) is 13.6. The molecular formula is C24H33N5O3. The minimum atomic E-state index is 0.229. The van der Waals surface area contributed by atoms with E-state index in [2.05, 4.69) is 29.8 Å². The number of nitrogens with zero attached hydrogens (tertiary/aromatic N) is 4. The number of nitrogens with two attached hydrogens (primary N) is 1. The van der Waals surface area contributed by atoms with E-state index in [1.165, 1.54) is 6.42 Å². The molecule has 2 heterocycles. The average Bonchev–Trinajstić information content (AvgIpc) is 3.08. The van der Waals surface area contributed by atoms with Crippen LogP contribution in [-0.4, -0.2) is 39.1 Å². The van der Waals surface area contributed by atoms with Gasteiger partial charge in [-0.25, -0.2) is 0 Å². The number of methoxy groups -OCH3 is 1. The summed E-state index contributed by atoms with van der Waals surface area (Å²) in [6.45, 7) is 10.6. The molecule has 3 N–H and O–H groups in total. The van der Waals surface area contributed by atoms with Gasteiger partial charge in [-0.05, 0) is 49.4 Å². The average molecular weight is 440 g/mol. The van der Waals surface area contributed by atoms with Crippen molar-refractivity contribution in [2.45, 2.75) is 47.6 Å². The smallest absolute Gasteiger partial charge is 0.204 e. The number of hydrogen-bond acceptors (Lipinski definition) is 6. The molecule has 0 bridgehead atoms. The Bertz CT molecular complexity index is 1010. The van der Waals surface area contributed by atoms with Crippen molar-refractivity contribution < 1.29 is 14.6 Å². The lowest BCUT2D eigenvalue weighted by Crippen LogP contribution is -2.08. The maximum absolute atomic E-state index is 9.55. The molecular weight excluding hydrogens is 406 g/mol. The summed E-state index contributed by atoms with van der Waals surface area (Å²) in [5.41, 5.74) is 7.85. The van der Waals surface area contributed by atoms with Crippen LogP contribution in [0, 0.1) is 6.92 Å². The second-order valence-corrected chi connectivity index (χ2v) is 6.44. The Morgan fingerprint density at radius 2 is 1.72 bits per heavy atom. The summed E-state index contributed by atoms with van der Waals surface area (Å²) in [5.74, 6) is 2.60. The first-order chi connectivity index (χ1) is 15.5. The normalized spacial score (nSPS) is 10.8. The molecule has 0 atom stereocenters. The largest absolute Gasteiger partial charge is 0.508 e. The number of fused-ring (bicyclic) bond motifs is 3. The van der Waals surface area contributed by atoms with E-state index in [-0.39, 0.29) is 12.2 Å². The summed E-state index contributed by atoms with van der Waals surface area (Å²) in [6, 6.07) is 12.9. The van der Waals surface area contributed by atoms with Gasteiger partial charge in [-0.3, -0.25) is 14.4 Å². The van der Waals surface area contributed by atoms with E-state index in [0.717, 1.165) is 39.9 Å². The predicted molar refractivity (Wildman–Crippen MR) is 128 cm³/mol. The van der Waals surface area contributed by atoms with Crippen LogP contribution >= 0.6 is 0 Å². The number of phenols is 1. The molecule has 0 saturated carbocycles. The zero-order valence-corrected chi connectivity index (χ0v) is 19.7. The molecule has 1 aliphatic heterocycles. The molecule has 3 aromatic rings. The number of carbonyl (C=O) groups is 1. The summed E-state index contributed by atoms with van der Waals surface area (Å²) >= 11 is 0. The third kappa shape index (κ3) is 6.41. The Labute approximate surface area is 189 Å². The van der Waals surface area contributed by atoms with Crippen LogP contribution in [0.5, 0.6) is 11.5 Å². The van der Waals surface area contributed by atoms with E-state index >= 15 is 0 Å². The highest BCUT2D eigenvalue weighted by Gasteiger charge is 2.22. The number of rotatable bonds is 2. The number of aliphatic imine (C=N–C) groups is 1. The summed E-state index contributed by atoms with van der Waals surface area (Å²) in [6.07, 6.45) is 1.50. The topological polar surface area (TPSA) is 116 Å². The Kier molecular flexibility index (Phi) is 11.2. The van der Waals surface area contributed by atoms with Gasteiger partial charge < -0.3 is 15.6 Å². The third-order valence-electron chi connectivity index (χ3n) is 4.11. The lowest BCUT2D eigenvalue weighted by molar-refractivity contribution is -0.106. The van der Waals surface area contributed by atoms with Crippen molar-refractivity contribution in [3.05, 3.63) is 65.2 Å². The standard InChI is InChI=1S/C18H16N4O2.C3H8.C2H6.CH3NO/c1-11-20-21-17-10-19-18(12-3-5-13(23)6-4-12)15-9-14(24-2)7-8-16(15)22(11)17;1-3-2;1-2;2-1-3/h3-9,23H,10H2,1-2H3;3H2,1-2H3;1-2H3;1H,(H2,2,3). The van der Waals surface area contributed by atoms with Gasteiger partial charge in [-0.15, -0.1) is 10.2 Å². The Hall–Kier alpha value is -3.68. The molecule has 1 amide bonds. The summed E-state index contributed by atoms with van der Waals surface area (Å²) in [7, 11) is 1.64. The molecule has 0 unspecified atom stereocenters. The first-order valence-corrected chi connectivity index (χ1v) is 10.6. The maximum Gasteiger partial charge on any atom is 0.204 e. The van der Waals surface area contributed by atoms with E-state index < -0.39 is 0 Å². The first kappa shape index (κ1) is 26.4. The molecule has 32 heavy (non-hydrogen) atoms. The van der Waals surface area contributed by atoms with Crippen LogP contribution in [0.4, 0.5) is 0 Å². The zero-order chi connectivity index (χ0) is 24.1. The quantitative estimate of drug-likeness (QED) is 0.581. The van der Waals surface area contributed by atoms with E-state index in [1.807, 2.05) is 55.7 Å². The van der Waals surface area contributed by atoms with Gasteiger partial charge in [0.2, 0.25) is 6.41 Å². The van der Waals surface area contributed by atoms with Gasteiger partial charge in [-0.2, -0.15) is 0 Å². The minimum absolute atomic E-state index is 0.229. The lowest BCUT2D eigenvalue weighted by Gasteiger charge is -2.14. The van der Waals surface area contributed by atoms with Crippen molar-refractivity contribution >= 4 is 12.1 Å². The number of ether oxygens (including phenoxy) is 1. The molecule has 1 aliphatic rings. The third-order valence-corrected chi connectivity index (χ3v) is 4.11. The highest BCUT2D eigenvalue weighted by molar-refractivity contribution is 6.15.